The second kappa shape index (κ2) is 4.86. The number of benzene rings is 1. The first-order chi connectivity index (χ1) is 8.47. The maximum atomic E-state index is 13.3. The Balaban J connectivity index is 2.37. The summed E-state index contributed by atoms with van der Waals surface area (Å²) < 4.78 is 17.4. The van der Waals surface area contributed by atoms with Crippen molar-refractivity contribution in [2.75, 3.05) is 5.32 Å². The molecule has 18 heavy (non-hydrogen) atoms. The van der Waals surface area contributed by atoms with E-state index in [0.717, 1.165) is 5.56 Å². The molecule has 0 atom stereocenters. The lowest BCUT2D eigenvalue weighted by atomic mass is 10.1. The zero-order valence-electron chi connectivity index (χ0n) is 10.4. The van der Waals surface area contributed by atoms with E-state index in [-0.39, 0.29) is 11.6 Å². The molecule has 2 aromatic rings. The second-order valence-electron chi connectivity index (χ2n) is 4.17. The molecule has 0 saturated carbocycles. The van der Waals surface area contributed by atoms with Gasteiger partial charge in [0.05, 0.1) is 11.3 Å². The number of rotatable bonds is 3. The van der Waals surface area contributed by atoms with Gasteiger partial charge in [-0.15, -0.1) is 0 Å². The maximum Gasteiger partial charge on any atom is 0.164 e. The summed E-state index contributed by atoms with van der Waals surface area (Å²) in [4.78, 5) is 11.5. The van der Waals surface area contributed by atoms with Gasteiger partial charge in [0.2, 0.25) is 0 Å². The Kier molecular flexibility index (Phi) is 3.43. The molecule has 5 heteroatoms. The number of carbonyl (C=O) groups is 1. The van der Waals surface area contributed by atoms with Crippen LogP contribution in [0.4, 0.5) is 15.1 Å². The van der Waals surface area contributed by atoms with Crippen LogP contribution in [-0.2, 0) is 0 Å². The first-order valence-electron chi connectivity index (χ1n) is 5.49. The van der Waals surface area contributed by atoms with Crippen molar-refractivity contribution >= 4 is 28.0 Å². The third-order valence-corrected chi connectivity index (χ3v) is 3.37. The third kappa shape index (κ3) is 2.56. The summed E-state index contributed by atoms with van der Waals surface area (Å²) in [5, 5.41) is 3.71. The minimum Gasteiger partial charge on any atom is -0.345 e. The molecule has 1 aromatic carbocycles. The third-order valence-electron chi connectivity index (χ3n) is 2.51. The Labute approximate surface area is 109 Å². The summed E-state index contributed by atoms with van der Waals surface area (Å²) in [7, 11) is 0. The van der Waals surface area contributed by atoms with Gasteiger partial charge in [0, 0.05) is 5.69 Å². The molecule has 0 aliphatic carbocycles. The quantitative estimate of drug-likeness (QED) is 0.856. The monoisotopic (exact) mass is 264 g/mol. The Morgan fingerprint density at radius 2 is 2.06 bits per heavy atom. The van der Waals surface area contributed by atoms with Gasteiger partial charge >= 0.3 is 0 Å². The minimum atomic E-state index is -0.303. The van der Waals surface area contributed by atoms with Crippen LogP contribution < -0.4 is 5.32 Å². The van der Waals surface area contributed by atoms with Crippen LogP contribution in [0.25, 0.3) is 0 Å². The van der Waals surface area contributed by atoms with E-state index < -0.39 is 0 Å². The van der Waals surface area contributed by atoms with Crippen LogP contribution in [0.2, 0.25) is 0 Å². The standard InChI is InChI=1S/C13H13FN2OS/c1-7-4-10(14)6-11(5-7)15-13-12(9(3)17)8(2)16-18-13/h4-6,15H,1-3H3. The lowest BCUT2D eigenvalue weighted by Crippen LogP contribution is -1.99. The molecule has 0 saturated heterocycles. The molecule has 0 bridgehead atoms. The SMILES string of the molecule is CC(=O)c1c(C)nsc1Nc1cc(C)cc(F)c1. The van der Waals surface area contributed by atoms with E-state index in [1.165, 1.54) is 30.6 Å². The topological polar surface area (TPSA) is 42.0 Å². The van der Waals surface area contributed by atoms with Crippen LogP contribution in [0.3, 0.4) is 0 Å². The molecule has 0 radical (unpaired) electrons. The van der Waals surface area contributed by atoms with Gasteiger partial charge in [0.1, 0.15) is 10.8 Å². The number of anilines is 2. The highest BCUT2D eigenvalue weighted by Crippen LogP contribution is 2.29. The molecule has 0 aliphatic heterocycles. The van der Waals surface area contributed by atoms with Crippen molar-refractivity contribution in [1.82, 2.24) is 4.37 Å². The largest absolute Gasteiger partial charge is 0.345 e. The van der Waals surface area contributed by atoms with E-state index in [4.69, 9.17) is 0 Å². The molecular weight excluding hydrogens is 251 g/mol. The number of Topliss-reactive ketones (excluding diaryl/α,β-unsaturated/α-hetero) is 1. The summed E-state index contributed by atoms with van der Waals surface area (Å²) in [5.41, 5.74) is 2.71. The molecular formula is C13H13FN2OS. The lowest BCUT2D eigenvalue weighted by Gasteiger charge is -2.06. The highest BCUT2D eigenvalue weighted by atomic mass is 32.1. The van der Waals surface area contributed by atoms with E-state index in [2.05, 4.69) is 9.69 Å². The van der Waals surface area contributed by atoms with E-state index in [1.807, 2.05) is 13.0 Å². The van der Waals surface area contributed by atoms with Gasteiger partial charge in [-0.3, -0.25) is 4.79 Å². The van der Waals surface area contributed by atoms with Crippen molar-refractivity contribution in [3.8, 4) is 0 Å². The van der Waals surface area contributed by atoms with Crippen molar-refractivity contribution in [1.29, 1.82) is 0 Å². The van der Waals surface area contributed by atoms with E-state index in [1.54, 1.807) is 6.92 Å². The number of hydrogen-bond acceptors (Lipinski definition) is 4. The first-order valence-corrected chi connectivity index (χ1v) is 6.26. The lowest BCUT2D eigenvalue weighted by molar-refractivity contribution is 0.101. The summed E-state index contributed by atoms with van der Waals surface area (Å²) in [5.74, 6) is -0.347. The van der Waals surface area contributed by atoms with Crippen LogP contribution in [0.1, 0.15) is 28.5 Å². The predicted octanol–water partition coefficient (Wildman–Crippen LogP) is 3.85. The van der Waals surface area contributed by atoms with E-state index in [0.29, 0.717) is 21.9 Å². The fourth-order valence-electron chi connectivity index (χ4n) is 1.81. The number of carbonyl (C=O) groups excluding carboxylic acids is 1. The van der Waals surface area contributed by atoms with Crippen molar-refractivity contribution in [3.63, 3.8) is 0 Å². The van der Waals surface area contributed by atoms with Crippen molar-refractivity contribution in [2.24, 2.45) is 0 Å². The van der Waals surface area contributed by atoms with Gasteiger partial charge < -0.3 is 5.32 Å². The first kappa shape index (κ1) is 12.7. The predicted molar refractivity (Wildman–Crippen MR) is 71.3 cm³/mol. The molecule has 2 rings (SSSR count). The zero-order valence-corrected chi connectivity index (χ0v) is 11.2. The molecule has 1 heterocycles. The average Bonchev–Trinajstić information content (AvgIpc) is 2.57. The Bertz CT molecular complexity index is 587. The second-order valence-corrected chi connectivity index (χ2v) is 4.94. The molecule has 1 N–H and O–H groups in total. The van der Waals surface area contributed by atoms with E-state index >= 15 is 0 Å². The fourth-order valence-corrected chi connectivity index (χ4v) is 2.67. The van der Waals surface area contributed by atoms with Crippen molar-refractivity contribution in [2.45, 2.75) is 20.8 Å². The summed E-state index contributed by atoms with van der Waals surface area (Å²) in [6.45, 7) is 5.10. The molecule has 3 nitrogen and oxygen atoms in total. The van der Waals surface area contributed by atoms with Crippen LogP contribution in [0, 0.1) is 19.7 Å². The number of nitrogens with one attached hydrogen (secondary N) is 1. The molecule has 0 unspecified atom stereocenters. The number of halogens is 1. The maximum absolute atomic E-state index is 13.3. The van der Waals surface area contributed by atoms with Gasteiger partial charge in [-0.2, -0.15) is 4.37 Å². The molecule has 0 aliphatic rings. The number of aromatic nitrogens is 1. The Hall–Kier alpha value is -1.75. The highest BCUT2D eigenvalue weighted by Gasteiger charge is 2.15. The van der Waals surface area contributed by atoms with Gasteiger partial charge in [-0.05, 0) is 56.1 Å². The molecule has 94 valence electrons. The van der Waals surface area contributed by atoms with Crippen LogP contribution in [-0.4, -0.2) is 10.2 Å². The highest BCUT2D eigenvalue weighted by molar-refractivity contribution is 7.10. The van der Waals surface area contributed by atoms with Gasteiger partial charge in [0.25, 0.3) is 0 Å². The average molecular weight is 264 g/mol. The number of nitrogens with zero attached hydrogens (tertiary/aromatic N) is 1. The molecule has 0 fully saturated rings. The molecule has 1 aromatic heterocycles. The summed E-state index contributed by atoms with van der Waals surface area (Å²) in [6.07, 6.45) is 0. The van der Waals surface area contributed by atoms with E-state index in [9.17, 15) is 9.18 Å². The van der Waals surface area contributed by atoms with Gasteiger partial charge in [0.15, 0.2) is 5.78 Å². The Morgan fingerprint density at radius 1 is 1.33 bits per heavy atom. The van der Waals surface area contributed by atoms with Gasteiger partial charge in [-0.25, -0.2) is 4.39 Å². The van der Waals surface area contributed by atoms with Crippen LogP contribution >= 0.6 is 11.5 Å². The Morgan fingerprint density at radius 3 is 2.67 bits per heavy atom. The van der Waals surface area contributed by atoms with Gasteiger partial charge in [-0.1, -0.05) is 0 Å². The smallest absolute Gasteiger partial charge is 0.164 e. The summed E-state index contributed by atoms with van der Waals surface area (Å²) >= 11 is 1.21. The fraction of sp³-hybridized carbons (Fsp3) is 0.231. The number of aryl methyl sites for hydroxylation is 2. The van der Waals surface area contributed by atoms with Crippen molar-refractivity contribution < 1.29 is 9.18 Å². The minimum absolute atomic E-state index is 0.0446. The number of ketones is 1. The normalized spacial score (nSPS) is 10.4. The van der Waals surface area contributed by atoms with Crippen molar-refractivity contribution in [3.05, 3.63) is 40.8 Å². The number of hydrogen-bond donors (Lipinski definition) is 1. The summed E-state index contributed by atoms with van der Waals surface area (Å²) in [6, 6.07) is 4.67. The zero-order chi connectivity index (χ0) is 13.3. The van der Waals surface area contributed by atoms with Crippen LogP contribution in [0.15, 0.2) is 18.2 Å². The van der Waals surface area contributed by atoms with Crippen LogP contribution in [0.5, 0.6) is 0 Å². The molecule has 0 amide bonds. The molecule has 0 spiro atoms.